The number of hydrogen-bond acceptors (Lipinski definition) is 6. The van der Waals surface area contributed by atoms with Gasteiger partial charge >= 0.3 is 11.9 Å². The summed E-state index contributed by atoms with van der Waals surface area (Å²) >= 11 is 0. The van der Waals surface area contributed by atoms with Gasteiger partial charge in [0.2, 0.25) is 0 Å². The first-order valence-electron chi connectivity index (χ1n) is 10.5. The molecule has 3 N–H and O–H groups in total. The molecule has 4 rings (SSSR count). The van der Waals surface area contributed by atoms with Crippen LogP contribution < -0.4 is 10.2 Å². The number of hydrogen-bond donors (Lipinski definition) is 3. The van der Waals surface area contributed by atoms with Gasteiger partial charge in [0.05, 0.1) is 22.9 Å². The minimum Gasteiger partial charge on any atom is -0.477 e. The summed E-state index contributed by atoms with van der Waals surface area (Å²) in [5, 5.41) is 19.9. The monoisotopic (exact) mass is 451 g/mol. The van der Waals surface area contributed by atoms with Crippen molar-refractivity contribution < 1.29 is 18.7 Å². The largest absolute Gasteiger partial charge is 0.477 e. The lowest BCUT2D eigenvalue weighted by molar-refractivity contribution is -0.166. The maximum atomic E-state index is 13.9. The van der Waals surface area contributed by atoms with Crippen LogP contribution in [0.4, 0.5) is 14.5 Å². The number of aromatic nitrogens is 2. The predicted molar refractivity (Wildman–Crippen MR) is 123 cm³/mol. The molecule has 33 heavy (non-hydrogen) atoms. The number of allylic oxidation sites excluding steroid dienone is 1. The molecule has 0 spiro atoms. The Bertz CT molecular complexity index is 1210. The Balaban J connectivity index is 1.40. The van der Waals surface area contributed by atoms with Crippen molar-refractivity contribution in [1.82, 2.24) is 15.3 Å². The van der Waals surface area contributed by atoms with Gasteiger partial charge in [-0.15, -0.1) is 0 Å². The summed E-state index contributed by atoms with van der Waals surface area (Å²) in [4.78, 5) is 21.8. The van der Waals surface area contributed by atoms with Crippen LogP contribution in [0.15, 0.2) is 60.9 Å². The molecular weight excluding hydrogens is 428 g/mol. The number of alkyl halides is 2. The number of rotatable bonds is 7. The van der Waals surface area contributed by atoms with Gasteiger partial charge in [0, 0.05) is 48.4 Å². The minimum absolute atomic E-state index is 0.147. The van der Waals surface area contributed by atoms with Gasteiger partial charge in [-0.25, -0.2) is 9.78 Å². The topological polar surface area (TPSA) is 102 Å². The lowest BCUT2D eigenvalue weighted by Gasteiger charge is -2.34. The molecule has 2 aromatic carbocycles. The molecule has 0 bridgehead atoms. The van der Waals surface area contributed by atoms with Gasteiger partial charge in [0.1, 0.15) is 0 Å². The molecule has 0 amide bonds. The van der Waals surface area contributed by atoms with E-state index in [1.54, 1.807) is 18.5 Å². The third-order valence-corrected chi connectivity index (χ3v) is 5.71. The summed E-state index contributed by atoms with van der Waals surface area (Å²) in [5.41, 5.74) is 2.81. The zero-order valence-electron chi connectivity index (χ0n) is 17.7. The zero-order chi connectivity index (χ0) is 23.4. The average Bonchev–Trinajstić information content (AvgIpc) is 2.84. The zero-order valence-corrected chi connectivity index (χ0v) is 17.7. The Morgan fingerprint density at radius 2 is 1.88 bits per heavy atom. The van der Waals surface area contributed by atoms with E-state index in [4.69, 9.17) is 10.5 Å². The minimum atomic E-state index is -3.92. The van der Waals surface area contributed by atoms with Crippen molar-refractivity contribution in [2.75, 3.05) is 18.0 Å². The molecule has 1 fully saturated rings. The molecule has 0 radical (unpaired) electrons. The molecular formula is C24H23F2N5O2. The molecule has 1 aromatic heterocycles. The number of aliphatic carboxylic acids is 1. The Morgan fingerprint density at radius 3 is 2.58 bits per heavy atom. The van der Waals surface area contributed by atoms with Gasteiger partial charge in [-0.1, -0.05) is 24.3 Å². The van der Waals surface area contributed by atoms with Gasteiger partial charge in [-0.05, 0) is 37.1 Å². The molecule has 0 aliphatic carbocycles. The third kappa shape index (κ3) is 4.82. The number of fused-ring (bicyclic) bond motifs is 1. The Morgan fingerprint density at radius 1 is 1.15 bits per heavy atom. The van der Waals surface area contributed by atoms with E-state index in [9.17, 15) is 13.6 Å². The number of anilines is 1. The number of piperidine rings is 1. The molecule has 1 aliphatic heterocycles. The van der Waals surface area contributed by atoms with Crippen molar-refractivity contribution >= 4 is 34.5 Å². The first kappa shape index (κ1) is 22.3. The molecule has 1 saturated heterocycles. The maximum Gasteiger partial charge on any atom is 0.379 e. The molecule has 7 nitrogen and oxygen atoms in total. The molecule has 1 aliphatic rings. The van der Waals surface area contributed by atoms with Gasteiger partial charge in [0.25, 0.3) is 0 Å². The van der Waals surface area contributed by atoms with Crippen LogP contribution in [0.5, 0.6) is 0 Å². The van der Waals surface area contributed by atoms with Crippen molar-refractivity contribution in [1.29, 1.82) is 5.41 Å². The highest BCUT2D eigenvalue weighted by Gasteiger charge is 2.41. The van der Waals surface area contributed by atoms with E-state index < -0.39 is 17.5 Å². The molecule has 2 heterocycles. The summed E-state index contributed by atoms with van der Waals surface area (Å²) in [5.74, 6) is -6.08. The fourth-order valence-corrected chi connectivity index (χ4v) is 3.82. The van der Waals surface area contributed by atoms with Crippen molar-refractivity contribution in [3.8, 4) is 0 Å². The van der Waals surface area contributed by atoms with Crippen molar-refractivity contribution in [2.45, 2.75) is 24.8 Å². The van der Waals surface area contributed by atoms with E-state index in [-0.39, 0.29) is 6.04 Å². The fraction of sp³-hybridized carbons (Fsp3) is 0.250. The highest BCUT2D eigenvalue weighted by Crippen LogP contribution is 2.31. The average molecular weight is 451 g/mol. The lowest BCUT2D eigenvalue weighted by Crippen LogP contribution is -2.41. The Hall–Kier alpha value is -3.88. The van der Waals surface area contributed by atoms with Crippen LogP contribution >= 0.6 is 0 Å². The summed E-state index contributed by atoms with van der Waals surface area (Å²) in [6, 6.07) is 13.2. The number of nitrogens with one attached hydrogen (secondary N) is 2. The van der Waals surface area contributed by atoms with E-state index in [1.807, 2.05) is 29.2 Å². The van der Waals surface area contributed by atoms with Crippen LogP contribution in [0.3, 0.4) is 0 Å². The van der Waals surface area contributed by atoms with Crippen LogP contribution in [0.2, 0.25) is 0 Å². The first-order valence-corrected chi connectivity index (χ1v) is 10.5. The van der Waals surface area contributed by atoms with Crippen LogP contribution in [0.1, 0.15) is 24.1 Å². The molecule has 9 heteroatoms. The number of halogens is 2. The van der Waals surface area contributed by atoms with Crippen LogP contribution in [0, 0.1) is 5.41 Å². The van der Waals surface area contributed by atoms with E-state index in [1.165, 1.54) is 18.3 Å². The van der Waals surface area contributed by atoms with Crippen molar-refractivity contribution in [2.24, 2.45) is 0 Å². The molecule has 0 atom stereocenters. The highest BCUT2D eigenvalue weighted by molar-refractivity contribution is 6.07. The normalized spacial score (nSPS) is 15.5. The molecule has 3 aromatic rings. The molecule has 0 unspecified atom stereocenters. The number of carboxylic acids is 1. The van der Waals surface area contributed by atoms with E-state index in [0.29, 0.717) is 30.0 Å². The SMILES string of the molecule is N=C/C(=C\NC1CCN(c2cccc(C(F)(F)C(=O)O)c2)CC1)c1cnc2ccccc2n1. The highest BCUT2D eigenvalue weighted by atomic mass is 19.3. The fourth-order valence-electron chi connectivity index (χ4n) is 3.82. The van der Waals surface area contributed by atoms with Gasteiger partial charge in [-0.3, -0.25) is 4.98 Å². The quantitative estimate of drug-likeness (QED) is 0.469. The number of carbonyl (C=O) groups is 1. The molecule has 170 valence electrons. The van der Waals surface area contributed by atoms with E-state index in [2.05, 4.69) is 15.3 Å². The van der Waals surface area contributed by atoms with Crippen LogP contribution in [0.25, 0.3) is 16.6 Å². The summed E-state index contributed by atoms with van der Waals surface area (Å²) in [6.45, 7) is 1.26. The first-order chi connectivity index (χ1) is 15.9. The molecule has 0 saturated carbocycles. The summed E-state index contributed by atoms with van der Waals surface area (Å²) in [7, 11) is 0. The lowest BCUT2D eigenvalue weighted by atomic mass is 10.0. The van der Waals surface area contributed by atoms with Gasteiger partial charge in [-0.2, -0.15) is 8.78 Å². The number of carboxylic acid groups (broad SMARTS) is 1. The van der Waals surface area contributed by atoms with E-state index in [0.717, 1.165) is 29.9 Å². The smallest absolute Gasteiger partial charge is 0.379 e. The second-order valence-electron chi connectivity index (χ2n) is 7.85. The summed E-state index contributed by atoms with van der Waals surface area (Å²) in [6.07, 6.45) is 6.15. The summed E-state index contributed by atoms with van der Waals surface area (Å²) < 4.78 is 27.7. The predicted octanol–water partition coefficient (Wildman–Crippen LogP) is 4.06. The Labute approximate surface area is 189 Å². The van der Waals surface area contributed by atoms with Crippen LogP contribution in [-0.4, -0.2) is 46.4 Å². The van der Waals surface area contributed by atoms with E-state index >= 15 is 0 Å². The second-order valence-corrected chi connectivity index (χ2v) is 7.85. The van der Waals surface area contributed by atoms with Crippen molar-refractivity contribution in [3.63, 3.8) is 0 Å². The standard InChI is InChI=1S/C24H23F2N5O2/c25-24(26,23(32)33)17-4-3-5-19(12-17)31-10-8-18(9-11-31)28-14-16(13-27)22-15-29-20-6-1-2-7-21(20)30-22/h1-7,12-15,18,27-28H,8-11H2,(H,32,33)/b16-14+,27-13?. The van der Waals surface area contributed by atoms with Gasteiger partial charge in [0.15, 0.2) is 0 Å². The number of nitrogens with zero attached hydrogens (tertiary/aromatic N) is 3. The number of benzene rings is 2. The third-order valence-electron chi connectivity index (χ3n) is 5.71. The van der Waals surface area contributed by atoms with Crippen LogP contribution in [-0.2, 0) is 10.7 Å². The number of para-hydroxylation sites is 2. The maximum absolute atomic E-state index is 13.9. The Kier molecular flexibility index (Phi) is 6.30. The van der Waals surface area contributed by atoms with Gasteiger partial charge < -0.3 is 20.7 Å². The second kappa shape index (κ2) is 9.32. The van der Waals surface area contributed by atoms with Crippen molar-refractivity contribution in [3.05, 3.63) is 72.2 Å².